The summed E-state index contributed by atoms with van der Waals surface area (Å²) in [6, 6.07) is 9.88. The van der Waals surface area contributed by atoms with E-state index in [1.165, 1.54) is 19.3 Å². The molecule has 0 spiro atoms. The Morgan fingerprint density at radius 2 is 2.00 bits per heavy atom. The number of hydrogen-bond donors (Lipinski definition) is 1. The number of amides is 1. The Hall–Kier alpha value is -1.57. The van der Waals surface area contributed by atoms with Crippen LogP contribution in [0.2, 0.25) is 0 Å². The van der Waals surface area contributed by atoms with Gasteiger partial charge in [0.2, 0.25) is 5.91 Å². The van der Waals surface area contributed by atoms with Crippen molar-refractivity contribution >= 4 is 12.0 Å². The molecule has 0 radical (unpaired) electrons. The molecule has 2 nitrogen and oxygen atoms in total. The maximum Gasteiger partial charge on any atom is 0.244 e. The summed E-state index contributed by atoms with van der Waals surface area (Å²) < 4.78 is 0. The van der Waals surface area contributed by atoms with E-state index in [1.807, 2.05) is 36.4 Å². The van der Waals surface area contributed by atoms with E-state index in [9.17, 15) is 4.79 Å². The Morgan fingerprint density at radius 1 is 1.26 bits per heavy atom. The van der Waals surface area contributed by atoms with Crippen molar-refractivity contribution in [2.24, 2.45) is 5.92 Å². The third-order valence-electron chi connectivity index (χ3n) is 3.33. The lowest BCUT2D eigenvalue weighted by atomic mass is 9.99. The van der Waals surface area contributed by atoms with Gasteiger partial charge in [0.1, 0.15) is 0 Å². The third kappa shape index (κ3) is 6.80. The van der Waals surface area contributed by atoms with Crippen molar-refractivity contribution in [2.75, 3.05) is 6.54 Å². The minimum atomic E-state index is -0.00111. The fourth-order valence-electron chi connectivity index (χ4n) is 1.98. The smallest absolute Gasteiger partial charge is 0.244 e. The molecule has 0 bridgehead atoms. The van der Waals surface area contributed by atoms with Crippen LogP contribution in [0.4, 0.5) is 0 Å². The molecule has 19 heavy (non-hydrogen) atoms. The predicted octanol–water partition coefficient (Wildman–Crippen LogP) is 4.03. The van der Waals surface area contributed by atoms with Gasteiger partial charge in [-0.3, -0.25) is 4.79 Å². The zero-order chi connectivity index (χ0) is 13.9. The van der Waals surface area contributed by atoms with E-state index in [1.54, 1.807) is 6.08 Å². The highest BCUT2D eigenvalue weighted by Gasteiger charge is 2.06. The first-order valence-electron chi connectivity index (χ1n) is 7.27. The molecule has 0 saturated heterocycles. The molecule has 0 aromatic heterocycles. The van der Waals surface area contributed by atoms with Crippen molar-refractivity contribution in [2.45, 2.75) is 39.5 Å². The van der Waals surface area contributed by atoms with Gasteiger partial charge < -0.3 is 5.32 Å². The molecular weight excluding hydrogens is 234 g/mol. The average Bonchev–Trinajstić information content (AvgIpc) is 2.46. The topological polar surface area (TPSA) is 29.1 Å². The molecule has 0 saturated carbocycles. The normalized spacial score (nSPS) is 12.5. The van der Waals surface area contributed by atoms with Gasteiger partial charge in [-0.25, -0.2) is 0 Å². The third-order valence-corrected chi connectivity index (χ3v) is 3.33. The molecule has 104 valence electrons. The molecule has 0 fully saturated rings. The Labute approximate surface area is 116 Å². The van der Waals surface area contributed by atoms with Crippen LogP contribution in [-0.4, -0.2) is 12.5 Å². The summed E-state index contributed by atoms with van der Waals surface area (Å²) in [6.45, 7) is 5.18. The van der Waals surface area contributed by atoms with Gasteiger partial charge in [-0.1, -0.05) is 63.4 Å². The van der Waals surface area contributed by atoms with Gasteiger partial charge in [-0.15, -0.1) is 0 Å². The van der Waals surface area contributed by atoms with E-state index in [0.717, 1.165) is 18.5 Å². The van der Waals surface area contributed by atoms with Crippen molar-refractivity contribution in [1.82, 2.24) is 5.32 Å². The number of carbonyl (C=O) groups is 1. The second kappa shape index (κ2) is 9.37. The van der Waals surface area contributed by atoms with Gasteiger partial charge in [-0.2, -0.15) is 0 Å². The molecule has 2 heteroatoms. The lowest BCUT2D eigenvalue weighted by molar-refractivity contribution is -0.116. The van der Waals surface area contributed by atoms with Crippen LogP contribution in [0.25, 0.3) is 6.08 Å². The van der Waals surface area contributed by atoms with Crippen molar-refractivity contribution in [3.63, 3.8) is 0 Å². The lowest BCUT2D eigenvalue weighted by Gasteiger charge is -2.14. The standard InChI is InChI=1S/C17H25NO/c1-3-5-9-15(4-2)14-18-17(19)13-12-16-10-7-6-8-11-16/h6-8,10-13,15H,3-5,9,14H2,1-2H3,(H,18,19)/b13-12+/t15-/m1/s1. The minimum Gasteiger partial charge on any atom is -0.352 e. The molecule has 0 heterocycles. The SMILES string of the molecule is CCCC[C@@H](CC)CNC(=O)/C=C/c1ccccc1. The van der Waals surface area contributed by atoms with E-state index in [0.29, 0.717) is 5.92 Å². The van der Waals surface area contributed by atoms with Gasteiger partial charge in [0.05, 0.1) is 0 Å². The largest absolute Gasteiger partial charge is 0.352 e. The van der Waals surface area contributed by atoms with Crippen molar-refractivity contribution in [3.8, 4) is 0 Å². The second-order valence-electron chi connectivity index (χ2n) is 4.91. The Morgan fingerprint density at radius 3 is 2.63 bits per heavy atom. The summed E-state index contributed by atoms with van der Waals surface area (Å²) in [4.78, 5) is 11.7. The van der Waals surface area contributed by atoms with Crippen LogP contribution in [0, 0.1) is 5.92 Å². The van der Waals surface area contributed by atoms with Gasteiger partial charge in [0.25, 0.3) is 0 Å². The van der Waals surface area contributed by atoms with Gasteiger partial charge in [0, 0.05) is 12.6 Å². The first-order chi connectivity index (χ1) is 9.26. The van der Waals surface area contributed by atoms with Crippen molar-refractivity contribution < 1.29 is 4.79 Å². The molecule has 1 N–H and O–H groups in total. The molecular formula is C17H25NO. The number of carbonyl (C=O) groups excluding carboxylic acids is 1. The maximum absolute atomic E-state index is 11.7. The fourth-order valence-corrected chi connectivity index (χ4v) is 1.98. The zero-order valence-electron chi connectivity index (χ0n) is 12.1. The maximum atomic E-state index is 11.7. The minimum absolute atomic E-state index is 0.00111. The molecule has 1 aromatic carbocycles. The summed E-state index contributed by atoms with van der Waals surface area (Å²) in [6.07, 6.45) is 8.26. The Balaban J connectivity index is 2.32. The van der Waals surface area contributed by atoms with E-state index in [2.05, 4.69) is 19.2 Å². The quantitative estimate of drug-likeness (QED) is 0.702. The fraction of sp³-hybridized carbons (Fsp3) is 0.471. The molecule has 1 amide bonds. The van der Waals surface area contributed by atoms with Crippen LogP contribution in [0.5, 0.6) is 0 Å². The van der Waals surface area contributed by atoms with Crippen molar-refractivity contribution in [3.05, 3.63) is 42.0 Å². The predicted molar refractivity (Wildman–Crippen MR) is 81.8 cm³/mol. The number of rotatable bonds is 8. The summed E-state index contributed by atoms with van der Waals surface area (Å²) in [5.41, 5.74) is 1.05. The van der Waals surface area contributed by atoms with Gasteiger partial charge >= 0.3 is 0 Å². The van der Waals surface area contributed by atoms with Crippen LogP contribution in [0.1, 0.15) is 45.1 Å². The summed E-state index contributed by atoms with van der Waals surface area (Å²) in [7, 11) is 0. The highest BCUT2D eigenvalue weighted by atomic mass is 16.1. The molecule has 0 unspecified atom stereocenters. The number of benzene rings is 1. The van der Waals surface area contributed by atoms with Crippen LogP contribution in [-0.2, 0) is 4.79 Å². The molecule has 0 aliphatic carbocycles. The summed E-state index contributed by atoms with van der Waals surface area (Å²) >= 11 is 0. The average molecular weight is 259 g/mol. The first kappa shape index (κ1) is 15.5. The zero-order valence-corrected chi connectivity index (χ0v) is 12.1. The second-order valence-corrected chi connectivity index (χ2v) is 4.91. The van der Waals surface area contributed by atoms with Crippen LogP contribution >= 0.6 is 0 Å². The van der Waals surface area contributed by atoms with Crippen LogP contribution < -0.4 is 5.32 Å². The highest BCUT2D eigenvalue weighted by Crippen LogP contribution is 2.11. The summed E-state index contributed by atoms with van der Waals surface area (Å²) in [5, 5.41) is 2.99. The highest BCUT2D eigenvalue weighted by molar-refractivity contribution is 5.91. The van der Waals surface area contributed by atoms with Crippen LogP contribution in [0.15, 0.2) is 36.4 Å². The van der Waals surface area contributed by atoms with Gasteiger partial charge in [-0.05, 0) is 24.0 Å². The number of unbranched alkanes of at least 4 members (excludes halogenated alkanes) is 1. The Bertz CT molecular complexity index is 384. The first-order valence-corrected chi connectivity index (χ1v) is 7.27. The Kier molecular flexibility index (Phi) is 7.64. The van der Waals surface area contributed by atoms with Crippen molar-refractivity contribution in [1.29, 1.82) is 0 Å². The van der Waals surface area contributed by atoms with E-state index < -0.39 is 0 Å². The van der Waals surface area contributed by atoms with Crippen LogP contribution in [0.3, 0.4) is 0 Å². The summed E-state index contributed by atoms with van der Waals surface area (Å²) in [5.74, 6) is 0.604. The lowest BCUT2D eigenvalue weighted by Crippen LogP contribution is -2.27. The molecule has 1 atom stereocenters. The van der Waals surface area contributed by atoms with E-state index in [-0.39, 0.29) is 5.91 Å². The molecule has 1 rings (SSSR count). The molecule has 0 aliphatic heterocycles. The van der Waals surface area contributed by atoms with E-state index >= 15 is 0 Å². The monoisotopic (exact) mass is 259 g/mol. The molecule has 0 aliphatic rings. The number of nitrogens with one attached hydrogen (secondary N) is 1. The van der Waals surface area contributed by atoms with E-state index in [4.69, 9.17) is 0 Å². The van der Waals surface area contributed by atoms with Gasteiger partial charge in [0.15, 0.2) is 0 Å². The molecule has 1 aromatic rings. The number of hydrogen-bond acceptors (Lipinski definition) is 1.